The van der Waals surface area contributed by atoms with Gasteiger partial charge in [0.05, 0.1) is 19.3 Å². The molecule has 0 aliphatic heterocycles. The van der Waals surface area contributed by atoms with E-state index < -0.39 is 0 Å². The number of ether oxygens (including phenoxy) is 1. The Morgan fingerprint density at radius 3 is 3.00 bits per heavy atom. The molecule has 94 valence electrons. The van der Waals surface area contributed by atoms with Gasteiger partial charge in [-0.1, -0.05) is 0 Å². The van der Waals surface area contributed by atoms with Gasteiger partial charge in [0.2, 0.25) is 5.89 Å². The van der Waals surface area contributed by atoms with Gasteiger partial charge in [-0.2, -0.15) is 0 Å². The molecule has 3 rings (SSSR count). The number of aromatic nitrogens is 1. The second kappa shape index (κ2) is 4.78. The number of nitrogens with zero attached hydrogens (tertiary/aromatic N) is 1. The van der Waals surface area contributed by atoms with Crippen molar-refractivity contribution in [3.63, 3.8) is 0 Å². The Morgan fingerprint density at radius 2 is 2.24 bits per heavy atom. The second-order valence-corrected chi connectivity index (χ2v) is 5.25. The minimum Gasteiger partial charge on any atom is -0.444 e. The van der Waals surface area contributed by atoms with E-state index in [1.54, 1.807) is 7.11 Å². The average molecular weight is 236 g/mol. The minimum atomic E-state index is 0.638. The molecule has 1 aromatic rings. The fraction of sp³-hybridized carbons (Fsp3) is 0.769. The van der Waals surface area contributed by atoms with Crippen molar-refractivity contribution in [3.05, 3.63) is 17.8 Å². The first-order valence-electron chi connectivity index (χ1n) is 6.51. The van der Waals surface area contributed by atoms with Gasteiger partial charge in [-0.05, 0) is 31.1 Å². The molecule has 17 heavy (non-hydrogen) atoms. The molecule has 0 bridgehead atoms. The lowest BCUT2D eigenvalue weighted by molar-refractivity contribution is 0.198. The summed E-state index contributed by atoms with van der Waals surface area (Å²) in [7, 11) is 1.70. The molecular weight excluding hydrogens is 216 g/mol. The third kappa shape index (κ3) is 2.53. The van der Waals surface area contributed by atoms with E-state index in [4.69, 9.17) is 9.15 Å². The molecule has 2 atom stereocenters. The molecule has 2 saturated carbocycles. The van der Waals surface area contributed by atoms with Crippen molar-refractivity contribution < 1.29 is 9.15 Å². The van der Waals surface area contributed by atoms with E-state index in [-0.39, 0.29) is 0 Å². The van der Waals surface area contributed by atoms with Gasteiger partial charge in [0.15, 0.2) is 0 Å². The molecular formula is C13H20N2O2. The molecule has 0 spiro atoms. The Bertz CT molecular complexity index is 367. The fourth-order valence-electron chi connectivity index (χ4n) is 2.91. The number of nitrogens with one attached hydrogen (secondary N) is 1. The van der Waals surface area contributed by atoms with Crippen molar-refractivity contribution in [2.24, 2.45) is 11.8 Å². The monoisotopic (exact) mass is 236 g/mol. The zero-order chi connectivity index (χ0) is 11.7. The number of hydrogen-bond donors (Lipinski definition) is 1. The molecule has 2 aliphatic carbocycles. The van der Waals surface area contributed by atoms with Gasteiger partial charge >= 0.3 is 0 Å². The van der Waals surface area contributed by atoms with E-state index in [2.05, 4.69) is 10.3 Å². The van der Waals surface area contributed by atoms with Gasteiger partial charge in [0.1, 0.15) is 5.76 Å². The molecule has 0 amide bonds. The molecule has 2 unspecified atom stereocenters. The van der Waals surface area contributed by atoms with Crippen LogP contribution < -0.4 is 5.32 Å². The predicted octanol–water partition coefficient (Wildman–Crippen LogP) is 1.92. The van der Waals surface area contributed by atoms with Crippen LogP contribution in [0.5, 0.6) is 0 Å². The number of hydrogen-bond acceptors (Lipinski definition) is 4. The summed E-state index contributed by atoms with van der Waals surface area (Å²) in [5.74, 6) is 4.53. The van der Waals surface area contributed by atoms with Crippen molar-refractivity contribution in [3.8, 4) is 0 Å². The second-order valence-electron chi connectivity index (χ2n) is 5.25. The van der Waals surface area contributed by atoms with E-state index in [1.165, 1.54) is 19.3 Å². The highest BCUT2D eigenvalue weighted by Gasteiger charge is 2.47. The van der Waals surface area contributed by atoms with Crippen LogP contribution in [0.3, 0.4) is 0 Å². The number of rotatable bonds is 6. The third-order valence-corrected chi connectivity index (χ3v) is 3.98. The van der Waals surface area contributed by atoms with Crippen LogP contribution in [-0.2, 0) is 11.3 Å². The number of fused-ring (bicyclic) bond motifs is 1. The van der Waals surface area contributed by atoms with Crippen LogP contribution in [0.2, 0.25) is 0 Å². The molecule has 4 heteroatoms. The highest BCUT2D eigenvalue weighted by atomic mass is 16.5. The standard InChI is InChI=1S/C13H20N2O2/c1-16-3-2-14-8-13-15-7-12(17-13)11-5-9-4-10(9)6-11/h7,9-11,14H,2-6,8H2,1H3. The van der Waals surface area contributed by atoms with Crippen LogP contribution in [0.15, 0.2) is 10.6 Å². The Hall–Kier alpha value is -0.870. The lowest BCUT2D eigenvalue weighted by Crippen LogP contribution is -2.18. The Kier molecular flexibility index (Phi) is 3.16. The summed E-state index contributed by atoms with van der Waals surface area (Å²) in [5, 5.41) is 3.24. The van der Waals surface area contributed by atoms with Crippen LogP contribution in [0, 0.1) is 11.8 Å². The van der Waals surface area contributed by atoms with Crippen LogP contribution in [0.4, 0.5) is 0 Å². The largest absolute Gasteiger partial charge is 0.444 e. The van der Waals surface area contributed by atoms with Gasteiger partial charge in [-0.25, -0.2) is 4.98 Å². The molecule has 0 saturated heterocycles. The zero-order valence-corrected chi connectivity index (χ0v) is 10.3. The Morgan fingerprint density at radius 1 is 1.41 bits per heavy atom. The summed E-state index contributed by atoms with van der Waals surface area (Å²) in [5.41, 5.74) is 0. The Balaban J connectivity index is 1.48. The first-order valence-corrected chi connectivity index (χ1v) is 6.51. The van der Waals surface area contributed by atoms with Crippen molar-refractivity contribution in [1.29, 1.82) is 0 Å². The molecule has 1 N–H and O–H groups in total. The summed E-state index contributed by atoms with van der Waals surface area (Å²) in [4.78, 5) is 4.33. The topological polar surface area (TPSA) is 47.3 Å². The van der Waals surface area contributed by atoms with Gasteiger partial charge in [0, 0.05) is 19.6 Å². The van der Waals surface area contributed by atoms with Crippen LogP contribution in [-0.4, -0.2) is 25.2 Å². The lowest BCUT2D eigenvalue weighted by atomic mass is 10.0. The van der Waals surface area contributed by atoms with E-state index in [1.807, 2.05) is 6.20 Å². The molecule has 2 fully saturated rings. The highest BCUT2D eigenvalue weighted by molar-refractivity contribution is 5.10. The van der Waals surface area contributed by atoms with Crippen molar-refractivity contribution >= 4 is 0 Å². The van der Waals surface area contributed by atoms with Crippen LogP contribution in [0.1, 0.15) is 36.8 Å². The maximum absolute atomic E-state index is 5.80. The van der Waals surface area contributed by atoms with Crippen LogP contribution in [0.25, 0.3) is 0 Å². The van der Waals surface area contributed by atoms with E-state index in [0.29, 0.717) is 12.5 Å². The van der Waals surface area contributed by atoms with Crippen molar-refractivity contribution in [2.75, 3.05) is 20.3 Å². The molecule has 0 aromatic carbocycles. The SMILES string of the molecule is COCCNCc1ncc(C2CC3CC3C2)o1. The normalized spacial score (nSPS) is 30.5. The summed E-state index contributed by atoms with van der Waals surface area (Å²) in [6.45, 7) is 2.25. The highest BCUT2D eigenvalue weighted by Crippen LogP contribution is 2.57. The summed E-state index contributed by atoms with van der Waals surface area (Å²) >= 11 is 0. The summed E-state index contributed by atoms with van der Waals surface area (Å²) < 4.78 is 10.8. The molecule has 0 radical (unpaired) electrons. The van der Waals surface area contributed by atoms with Gasteiger partial charge < -0.3 is 14.5 Å². The third-order valence-electron chi connectivity index (χ3n) is 3.98. The van der Waals surface area contributed by atoms with Crippen molar-refractivity contribution in [2.45, 2.75) is 31.7 Å². The number of methoxy groups -OCH3 is 1. The lowest BCUT2D eigenvalue weighted by Gasteiger charge is -2.06. The van der Waals surface area contributed by atoms with Gasteiger partial charge in [-0.15, -0.1) is 0 Å². The van der Waals surface area contributed by atoms with Gasteiger partial charge in [0.25, 0.3) is 0 Å². The van der Waals surface area contributed by atoms with E-state index >= 15 is 0 Å². The van der Waals surface area contributed by atoms with Crippen LogP contribution >= 0.6 is 0 Å². The molecule has 2 aliphatic rings. The maximum atomic E-state index is 5.80. The molecule has 4 nitrogen and oxygen atoms in total. The first kappa shape index (κ1) is 11.2. The van der Waals surface area contributed by atoms with E-state index in [9.17, 15) is 0 Å². The summed E-state index contributed by atoms with van der Waals surface area (Å²) in [6, 6.07) is 0. The minimum absolute atomic E-state index is 0.638. The first-order chi connectivity index (χ1) is 8.36. The molecule has 1 aromatic heterocycles. The van der Waals surface area contributed by atoms with Crippen molar-refractivity contribution in [1.82, 2.24) is 10.3 Å². The number of oxazole rings is 1. The quantitative estimate of drug-likeness (QED) is 0.767. The van der Waals surface area contributed by atoms with Gasteiger partial charge in [-0.3, -0.25) is 0 Å². The molecule has 1 heterocycles. The smallest absolute Gasteiger partial charge is 0.208 e. The predicted molar refractivity (Wildman–Crippen MR) is 63.7 cm³/mol. The average Bonchev–Trinajstić information content (AvgIpc) is 2.81. The van der Waals surface area contributed by atoms with E-state index in [0.717, 1.165) is 36.6 Å². The summed E-state index contributed by atoms with van der Waals surface area (Å²) in [6.07, 6.45) is 6.01. The Labute approximate surface area is 102 Å². The fourth-order valence-corrected chi connectivity index (χ4v) is 2.91. The maximum Gasteiger partial charge on any atom is 0.208 e. The zero-order valence-electron chi connectivity index (χ0n) is 10.3.